The topological polar surface area (TPSA) is 119 Å². The lowest BCUT2D eigenvalue weighted by Gasteiger charge is -2.40. The van der Waals surface area contributed by atoms with Gasteiger partial charge in [0.1, 0.15) is 36.1 Å². The number of alkyl carbamates (subject to hydrolysis) is 1. The molecule has 4 rings (SSSR count). The first-order chi connectivity index (χ1) is 22.6. The molecule has 5 atom stereocenters. The van der Waals surface area contributed by atoms with Gasteiger partial charge in [0.2, 0.25) is 0 Å². The smallest absolute Gasteiger partial charge is 0.408 e. The molecule has 3 aromatic rings. The van der Waals surface area contributed by atoms with Gasteiger partial charge in [-0.25, -0.2) is 9.59 Å². The van der Waals surface area contributed by atoms with Crippen molar-refractivity contribution in [3.63, 3.8) is 0 Å². The first-order valence-electron chi connectivity index (χ1n) is 15.8. The standard InChI is InChI=1S/C37H45NO9/c1-37(2,3)47-36(41)38-29(35(40)42-4)20-21-30-32(39)34(45-24-28-18-12-7-13-19-28)33(44-23-27-16-10-6-11-17-27)31(46-30)25-43-22-26-14-8-5-9-15-26/h5-19,29-31,33-34H,20-25H2,1-4H3,(H,38,41)/t29-,30-,31+,33+,34+/m0/s1. The van der Waals surface area contributed by atoms with Crippen LogP contribution in [0.2, 0.25) is 0 Å². The summed E-state index contributed by atoms with van der Waals surface area (Å²) in [6, 6.07) is 27.9. The molecule has 3 aromatic carbocycles. The second-order valence-corrected chi connectivity index (χ2v) is 12.3. The minimum atomic E-state index is -1.06. The van der Waals surface area contributed by atoms with E-state index in [1.54, 1.807) is 20.8 Å². The molecule has 10 nitrogen and oxygen atoms in total. The highest BCUT2D eigenvalue weighted by atomic mass is 16.6. The lowest BCUT2D eigenvalue weighted by atomic mass is 9.92. The zero-order valence-corrected chi connectivity index (χ0v) is 27.5. The minimum Gasteiger partial charge on any atom is -0.467 e. The predicted molar refractivity (Wildman–Crippen MR) is 174 cm³/mol. The number of rotatable bonds is 15. The third kappa shape index (κ3) is 11.6. The third-order valence-corrected chi connectivity index (χ3v) is 7.45. The van der Waals surface area contributed by atoms with Gasteiger partial charge in [-0.15, -0.1) is 0 Å². The summed E-state index contributed by atoms with van der Waals surface area (Å²) in [5.41, 5.74) is 2.05. The maximum Gasteiger partial charge on any atom is 0.408 e. The zero-order valence-electron chi connectivity index (χ0n) is 27.5. The molecule has 0 aromatic heterocycles. The lowest BCUT2D eigenvalue weighted by Crippen LogP contribution is -2.58. The molecular weight excluding hydrogens is 602 g/mol. The number of carbonyl (C=O) groups is 3. The van der Waals surface area contributed by atoms with Gasteiger partial charge in [-0.05, 0) is 50.3 Å². The summed E-state index contributed by atoms with van der Waals surface area (Å²) in [4.78, 5) is 39.2. The number of hydrogen-bond acceptors (Lipinski definition) is 9. The van der Waals surface area contributed by atoms with Gasteiger partial charge in [0.05, 0.1) is 33.5 Å². The van der Waals surface area contributed by atoms with E-state index in [0.29, 0.717) is 6.61 Å². The molecule has 252 valence electrons. The summed E-state index contributed by atoms with van der Waals surface area (Å²) < 4.78 is 35.4. The van der Waals surface area contributed by atoms with Crippen LogP contribution in [0.5, 0.6) is 0 Å². The predicted octanol–water partition coefficient (Wildman–Crippen LogP) is 5.56. The molecule has 1 N–H and O–H groups in total. The third-order valence-electron chi connectivity index (χ3n) is 7.45. The van der Waals surface area contributed by atoms with Gasteiger partial charge in [-0.2, -0.15) is 0 Å². The van der Waals surface area contributed by atoms with Crippen molar-refractivity contribution in [2.24, 2.45) is 0 Å². The van der Waals surface area contributed by atoms with Crippen LogP contribution >= 0.6 is 0 Å². The molecule has 0 spiro atoms. The van der Waals surface area contributed by atoms with E-state index < -0.39 is 48.1 Å². The molecule has 1 aliphatic heterocycles. The Morgan fingerprint density at radius 3 is 1.87 bits per heavy atom. The molecular formula is C37H45NO9. The quantitative estimate of drug-likeness (QED) is 0.212. The molecule has 47 heavy (non-hydrogen) atoms. The lowest BCUT2D eigenvalue weighted by molar-refractivity contribution is -0.215. The van der Waals surface area contributed by atoms with Crippen molar-refractivity contribution in [1.82, 2.24) is 5.32 Å². The van der Waals surface area contributed by atoms with Gasteiger partial charge in [0.15, 0.2) is 5.78 Å². The Kier molecular flexibility index (Phi) is 13.5. The van der Waals surface area contributed by atoms with Crippen LogP contribution < -0.4 is 5.32 Å². The van der Waals surface area contributed by atoms with Crippen molar-refractivity contribution in [2.45, 2.75) is 89.5 Å². The van der Waals surface area contributed by atoms with E-state index >= 15 is 0 Å². The molecule has 1 aliphatic rings. The Balaban J connectivity index is 1.55. The highest BCUT2D eigenvalue weighted by Crippen LogP contribution is 2.28. The normalized spacial score (nSPS) is 20.3. The molecule has 0 saturated carbocycles. The van der Waals surface area contributed by atoms with Crippen molar-refractivity contribution in [1.29, 1.82) is 0 Å². The molecule has 0 radical (unpaired) electrons. The zero-order chi connectivity index (χ0) is 33.6. The van der Waals surface area contributed by atoms with E-state index in [1.165, 1.54) is 7.11 Å². The molecule has 0 aliphatic carbocycles. The Labute approximate surface area is 276 Å². The van der Waals surface area contributed by atoms with Gasteiger partial charge in [0, 0.05) is 0 Å². The molecule has 10 heteroatoms. The Hall–Kier alpha value is -4.09. The molecule has 0 bridgehead atoms. The summed E-state index contributed by atoms with van der Waals surface area (Å²) >= 11 is 0. The number of methoxy groups -OCH3 is 1. The Morgan fingerprint density at radius 1 is 0.809 bits per heavy atom. The van der Waals surface area contributed by atoms with E-state index in [9.17, 15) is 14.4 Å². The molecule has 1 fully saturated rings. The number of ketones is 1. The van der Waals surface area contributed by atoms with Gasteiger partial charge in [-0.1, -0.05) is 91.0 Å². The van der Waals surface area contributed by atoms with Crippen LogP contribution in [0.1, 0.15) is 50.3 Å². The first kappa shape index (κ1) is 35.8. The number of carbonyl (C=O) groups excluding carboxylic acids is 3. The Bertz CT molecular complexity index is 1400. The largest absolute Gasteiger partial charge is 0.467 e. The second kappa shape index (κ2) is 17.7. The van der Waals surface area contributed by atoms with Crippen LogP contribution in [0.4, 0.5) is 4.79 Å². The van der Waals surface area contributed by atoms with Gasteiger partial charge < -0.3 is 33.7 Å². The average Bonchev–Trinajstić information content (AvgIpc) is 3.06. The van der Waals surface area contributed by atoms with Crippen molar-refractivity contribution < 1.29 is 42.8 Å². The number of benzene rings is 3. The summed E-state index contributed by atoms with van der Waals surface area (Å²) in [5, 5.41) is 2.56. The van der Waals surface area contributed by atoms with Gasteiger partial charge >= 0.3 is 12.1 Å². The number of hydrogen-bond donors (Lipinski definition) is 1. The fourth-order valence-electron chi connectivity index (χ4n) is 5.16. The summed E-state index contributed by atoms with van der Waals surface area (Å²) in [7, 11) is 1.23. The van der Waals surface area contributed by atoms with Crippen LogP contribution in [-0.2, 0) is 57.8 Å². The van der Waals surface area contributed by atoms with E-state index in [0.717, 1.165) is 16.7 Å². The number of nitrogens with one attached hydrogen (secondary N) is 1. The van der Waals surface area contributed by atoms with E-state index in [2.05, 4.69) is 5.32 Å². The van der Waals surface area contributed by atoms with Crippen molar-refractivity contribution in [2.75, 3.05) is 13.7 Å². The fourth-order valence-corrected chi connectivity index (χ4v) is 5.16. The number of esters is 1. The minimum absolute atomic E-state index is 0.0564. The molecule has 1 saturated heterocycles. The van der Waals surface area contributed by atoms with Gasteiger partial charge in [-0.3, -0.25) is 4.79 Å². The molecule has 1 amide bonds. The SMILES string of the molecule is COC(=O)[C@H](CC[C@@H]1O[C@H](COCc2ccccc2)[C@@H](OCc2ccccc2)[C@H](OCc2ccccc2)C1=O)NC(=O)OC(C)(C)C. The van der Waals surface area contributed by atoms with Crippen molar-refractivity contribution in [3.8, 4) is 0 Å². The summed E-state index contributed by atoms with van der Waals surface area (Å²) in [6.45, 7) is 6.04. The Morgan fingerprint density at radius 2 is 1.34 bits per heavy atom. The summed E-state index contributed by atoms with van der Waals surface area (Å²) in [5.74, 6) is -0.984. The van der Waals surface area contributed by atoms with Crippen LogP contribution in [0.25, 0.3) is 0 Å². The number of Topliss-reactive ketones (excluding diaryl/α,β-unsaturated/α-hetero) is 1. The first-order valence-corrected chi connectivity index (χ1v) is 15.8. The highest BCUT2D eigenvalue weighted by Gasteiger charge is 2.47. The number of amides is 1. The average molecular weight is 648 g/mol. The highest BCUT2D eigenvalue weighted by molar-refractivity contribution is 5.89. The van der Waals surface area contributed by atoms with Gasteiger partial charge in [0.25, 0.3) is 0 Å². The van der Waals surface area contributed by atoms with Crippen molar-refractivity contribution in [3.05, 3.63) is 108 Å². The van der Waals surface area contributed by atoms with Crippen LogP contribution in [0, 0.1) is 0 Å². The number of ether oxygens (including phenoxy) is 6. The maximum absolute atomic E-state index is 14.1. The molecule has 0 unspecified atom stereocenters. The van der Waals surface area contributed by atoms with Crippen LogP contribution in [0.3, 0.4) is 0 Å². The second-order valence-electron chi connectivity index (χ2n) is 12.3. The van der Waals surface area contributed by atoms with Crippen LogP contribution in [0.15, 0.2) is 91.0 Å². The van der Waals surface area contributed by atoms with Crippen molar-refractivity contribution >= 4 is 17.8 Å². The monoisotopic (exact) mass is 647 g/mol. The van der Waals surface area contributed by atoms with E-state index in [1.807, 2.05) is 91.0 Å². The maximum atomic E-state index is 14.1. The van der Waals surface area contributed by atoms with E-state index in [-0.39, 0.29) is 38.4 Å². The van der Waals surface area contributed by atoms with Crippen LogP contribution in [-0.4, -0.2) is 67.6 Å². The summed E-state index contributed by atoms with van der Waals surface area (Å²) in [6.07, 6.45) is -4.03. The fraction of sp³-hybridized carbons (Fsp3) is 0.432. The van der Waals surface area contributed by atoms with E-state index in [4.69, 9.17) is 28.4 Å². The molecule has 1 heterocycles.